The standard InChI is InChI=1S/C56H39N5/c1-58-37-59(54-28-13-12-27-53(54)58)40-16-14-15-38(34-40)33-39-29-30-49-48-23-8-11-26-52(48)61(55(49)35-39)56-36-41(31-32-57-56)60-50-24-9-6-21-46(50)44-19-4-2-17-42(44)43-18-3-5-20-45(43)47-22-7-10-25-51(47)60/h2-32,34-36H,33H2,1H3/i1D3. The molecule has 4 aromatic heterocycles. The first kappa shape index (κ1) is 31.9. The van der Waals surface area contributed by atoms with E-state index in [2.05, 4.69) is 179 Å². The Kier molecular flexibility index (Phi) is 7.36. The van der Waals surface area contributed by atoms with E-state index in [1.54, 1.807) is 0 Å². The van der Waals surface area contributed by atoms with E-state index in [-0.39, 0.29) is 0 Å². The van der Waals surface area contributed by atoms with Crippen LogP contribution < -0.4 is 4.57 Å². The van der Waals surface area contributed by atoms with Crippen molar-refractivity contribution in [2.24, 2.45) is 6.98 Å². The normalized spacial score (nSPS) is 12.7. The van der Waals surface area contributed by atoms with Gasteiger partial charge in [-0.1, -0.05) is 164 Å². The molecule has 0 unspecified atom stereocenters. The minimum absolute atomic E-state index is 0.606. The third-order valence-corrected chi connectivity index (χ3v) is 12.1. The molecule has 61 heavy (non-hydrogen) atoms. The number of imidazole rings is 1. The molecule has 0 saturated carbocycles. The molecule has 0 aliphatic carbocycles. The fourth-order valence-electron chi connectivity index (χ4n) is 9.44. The van der Waals surface area contributed by atoms with Crippen molar-refractivity contribution in [2.75, 3.05) is 0 Å². The largest absolute Gasteiger partial charge is 0.319 e. The predicted octanol–water partition coefficient (Wildman–Crippen LogP) is 12.9. The van der Waals surface area contributed by atoms with Crippen LogP contribution in [0.2, 0.25) is 0 Å². The second-order valence-electron chi connectivity index (χ2n) is 15.6. The molecular weight excluding hydrogens is 743 g/mol. The summed E-state index contributed by atoms with van der Waals surface area (Å²) in [5, 5.41) is 9.35. The number of nitrogens with zero attached hydrogens (tertiary/aromatic N) is 5. The maximum absolute atomic E-state index is 8.14. The number of benzene rings is 8. The van der Waals surface area contributed by atoms with Crippen LogP contribution in [0.25, 0.3) is 93.4 Å². The van der Waals surface area contributed by atoms with Crippen molar-refractivity contribution in [3.05, 3.63) is 224 Å². The van der Waals surface area contributed by atoms with Crippen LogP contribution in [0.1, 0.15) is 15.2 Å². The Balaban J connectivity index is 1.05. The van der Waals surface area contributed by atoms with Gasteiger partial charge in [0.05, 0.1) is 55.6 Å². The summed E-state index contributed by atoms with van der Waals surface area (Å²) < 4.78 is 32.2. The van der Waals surface area contributed by atoms with Gasteiger partial charge in [-0.15, -0.1) is 0 Å². The zero-order valence-corrected chi connectivity index (χ0v) is 33.1. The van der Waals surface area contributed by atoms with E-state index < -0.39 is 6.98 Å². The van der Waals surface area contributed by atoms with Gasteiger partial charge in [-0.25, -0.2) is 4.98 Å². The first-order valence-corrected chi connectivity index (χ1v) is 20.6. The number of pyridine rings is 1. The summed E-state index contributed by atoms with van der Waals surface area (Å²) in [6.45, 7) is -2.36. The van der Waals surface area contributed by atoms with Crippen LogP contribution >= 0.6 is 0 Å². The summed E-state index contributed by atoms with van der Waals surface area (Å²) in [5.41, 5.74) is 9.78. The highest BCUT2D eigenvalue weighted by Crippen LogP contribution is 2.36. The van der Waals surface area contributed by atoms with Gasteiger partial charge in [0.2, 0.25) is 6.33 Å². The molecule has 0 amide bonds. The Bertz CT molecular complexity index is 3790. The second-order valence-corrected chi connectivity index (χ2v) is 15.6. The third kappa shape index (κ3) is 5.70. The highest BCUT2D eigenvalue weighted by Gasteiger charge is 2.17. The van der Waals surface area contributed by atoms with Gasteiger partial charge in [0.15, 0.2) is 0 Å². The summed E-state index contributed by atoms with van der Waals surface area (Å²) in [7, 11) is 0. The van der Waals surface area contributed by atoms with Crippen LogP contribution in [0.4, 0.5) is 0 Å². The Morgan fingerprint density at radius 3 is 1.62 bits per heavy atom. The molecule has 12 aromatic rings. The van der Waals surface area contributed by atoms with Crippen molar-refractivity contribution >= 4 is 76.2 Å². The predicted molar refractivity (Wildman–Crippen MR) is 252 cm³/mol. The molecule has 0 spiro atoms. The summed E-state index contributed by atoms with van der Waals surface area (Å²) >= 11 is 0. The fraction of sp³-hybridized carbons (Fsp3) is 0.0357. The van der Waals surface area contributed by atoms with E-state index >= 15 is 0 Å². The van der Waals surface area contributed by atoms with E-state index in [0.29, 0.717) is 11.9 Å². The smallest absolute Gasteiger partial charge is 0.244 e. The Hall–Kier alpha value is -8.02. The van der Waals surface area contributed by atoms with E-state index in [1.807, 2.05) is 47.2 Å². The van der Waals surface area contributed by atoms with Crippen LogP contribution in [-0.2, 0) is 13.4 Å². The van der Waals surface area contributed by atoms with Gasteiger partial charge in [0.1, 0.15) is 5.82 Å². The summed E-state index contributed by atoms with van der Waals surface area (Å²) in [4.78, 5) is 5.11. The molecule has 5 heteroatoms. The maximum atomic E-state index is 8.14. The second kappa shape index (κ2) is 14.1. The molecule has 0 bridgehead atoms. The molecule has 0 N–H and O–H groups in total. The average molecular weight is 785 g/mol. The lowest BCUT2D eigenvalue weighted by Gasteiger charge is -2.15. The Morgan fingerprint density at radius 2 is 0.967 bits per heavy atom. The van der Waals surface area contributed by atoms with Crippen LogP contribution in [0, 0.1) is 6.33 Å². The van der Waals surface area contributed by atoms with E-state index in [1.165, 1.54) is 26.1 Å². The van der Waals surface area contributed by atoms with Crippen LogP contribution in [0.5, 0.6) is 0 Å². The van der Waals surface area contributed by atoms with Crippen molar-refractivity contribution < 1.29 is 8.68 Å². The Labute approximate surface area is 356 Å². The summed E-state index contributed by atoms with van der Waals surface area (Å²) in [6, 6.07) is 70.3. The van der Waals surface area contributed by atoms with Gasteiger partial charge in [-0.05, 0) is 69.4 Å². The summed E-state index contributed by atoms with van der Waals surface area (Å²) in [5.74, 6) is 0.816. The van der Waals surface area contributed by atoms with Crippen molar-refractivity contribution in [2.45, 2.75) is 6.42 Å². The van der Waals surface area contributed by atoms with Gasteiger partial charge >= 0.3 is 0 Å². The number of rotatable bonds is 5. The third-order valence-electron chi connectivity index (χ3n) is 12.1. The van der Waals surface area contributed by atoms with Crippen molar-refractivity contribution in [1.82, 2.24) is 18.7 Å². The van der Waals surface area contributed by atoms with Gasteiger partial charge < -0.3 is 13.7 Å². The monoisotopic (exact) mass is 784 g/mol. The number of fused-ring (bicyclic) bond motifs is 11. The molecule has 4 heterocycles. The summed E-state index contributed by atoms with van der Waals surface area (Å²) in [6.07, 6.45) is 5.71. The van der Waals surface area contributed by atoms with E-state index in [4.69, 9.17) is 9.10 Å². The number of aromatic nitrogens is 5. The van der Waals surface area contributed by atoms with Crippen LogP contribution in [0.15, 0.2) is 206 Å². The van der Waals surface area contributed by atoms with Crippen LogP contribution in [-0.4, -0.2) is 18.7 Å². The highest BCUT2D eigenvalue weighted by atomic mass is 15.1. The first-order valence-electron chi connectivity index (χ1n) is 22.1. The Morgan fingerprint density at radius 1 is 0.443 bits per heavy atom. The number of aryl methyl sites for hydroxylation is 1. The van der Waals surface area contributed by atoms with Gasteiger partial charge in [0, 0.05) is 33.8 Å². The maximum Gasteiger partial charge on any atom is 0.244 e. The zero-order valence-electron chi connectivity index (χ0n) is 36.1. The van der Waals surface area contributed by atoms with Crippen molar-refractivity contribution in [1.29, 1.82) is 0 Å². The molecule has 0 fully saturated rings. The van der Waals surface area contributed by atoms with Crippen molar-refractivity contribution in [3.63, 3.8) is 0 Å². The first-order chi connectivity index (χ1) is 31.4. The minimum atomic E-state index is -2.36. The lowest BCUT2D eigenvalue weighted by atomic mass is 10.0. The molecule has 0 aliphatic rings. The quantitative estimate of drug-likeness (QED) is 0.126. The molecule has 12 rings (SSSR count). The molecule has 0 aliphatic heterocycles. The molecule has 0 atom stereocenters. The minimum Gasteiger partial charge on any atom is -0.319 e. The molecule has 8 aromatic carbocycles. The molecule has 0 radical (unpaired) electrons. The van der Waals surface area contributed by atoms with E-state index in [9.17, 15) is 0 Å². The van der Waals surface area contributed by atoms with Gasteiger partial charge in [0.25, 0.3) is 0 Å². The number of hydrogen-bond donors (Lipinski definition) is 0. The number of hydrogen-bond acceptors (Lipinski definition) is 1. The number of para-hydroxylation sites is 5. The van der Waals surface area contributed by atoms with Crippen molar-refractivity contribution in [3.8, 4) is 17.2 Å². The fourth-order valence-corrected chi connectivity index (χ4v) is 9.44. The SMILES string of the molecule is [2H]C([2H])([2H])[n+]1[c-]n(-c2cccc(Cc3ccc4c5ccccc5n(-c5cc(-n6c7ccccc7c7ccccc7c7ccccc7c7ccccc76)ccn5)c4c3)c2)c2ccccc21. The topological polar surface area (TPSA) is 31.6 Å². The zero-order chi connectivity index (χ0) is 42.9. The average Bonchev–Trinajstić information content (AvgIpc) is 3.90. The lowest BCUT2D eigenvalue weighted by Crippen LogP contribution is -2.26. The van der Waals surface area contributed by atoms with E-state index in [0.717, 1.165) is 77.4 Å². The molecule has 0 saturated heterocycles. The van der Waals surface area contributed by atoms with Crippen LogP contribution in [0.3, 0.4) is 0 Å². The molecular formula is C56H39N5. The molecule has 5 nitrogen and oxygen atoms in total. The lowest BCUT2D eigenvalue weighted by molar-refractivity contribution is -0.649. The van der Waals surface area contributed by atoms with Gasteiger partial charge in [-0.2, -0.15) is 0 Å². The highest BCUT2D eigenvalue weighted by molar-refractivity contribution is 6.19. The molecule has 288 valence electrons. The van der Waals surface area contributed by atoms with Gasteiger partial charge in [-0.3, -0.25) is 4.57 Å².